The molecular formula is C16H11F3N4O3. The number of nitrogen functional groups attached to an aromatic ring is 1. The number of ether oxygens (including phenoxy) is 1. The fourth-order valence-electron chi connectivity index (χ4n) is 2.55. The second kappa shape index (κ2) is 6.14. The van der Waals surface area contributed by atoms with Crippen LogP contribution in [0.4, 0.5) is 18.9 Å². The number of halogens is 3. The van der Waals surface area contributed by atoms with E-state index in [1.165, 1.54) is 18.7 Å². The highest BCUT2D eigenvalue weighted by atomic mass is 19.4. The monoisotopic (exact) mass is 364 g/mol. The summed E-state index contributed by atoms with van der Waals surface area (Å²) in [5.41, 5.74) is 3.16. The third kappa shape index (κ3) is 2.75. The van der Waals surface area contributed by atoms with E-state index in [1.54, 1.807) is 0 Å². The van der Waals surface area contributed by atoms with Gasteiger partial charge in [0, 0.05) is 5.39 Å². The summed E-state index contributed by atoms with van der Waals surface area (Å²) in [5, 5.41) is 0.0850. The van der Waals surface area contributed by atoms with Crippen molar-refractivity contribution in [2.24, 2.45) is 0 Å². The van der Waals surface area contributed by atoms with Gasteiger partial charge in [-0.3, -0.25) is 9.36 Å². The summed E-state index contributed by atoms with van der Waals surface area (Å²) in [6, 6.07) is 2.69. The molecule has 0 atom stereocenters. The van der Waals surface area contributed by atoms with Crippen LogP contribution < -0.4 is 11.3 Å². The molecule has 0 amide bonds. The van der Waals surface area contributed by atoms with E-state index >= 15 is 0 Å². The number of methoxy groups -OCH3 is 1. The number of pyridine rings is 1. The molecule has 3 rings (SSSR count). The molecule has 0 aliphatic heterocycles. The van der Waals surface area contributed by atoms with E-state index < -0.39 is 28.8 Å². The zero-order chi connectivity index (χ0) is 19.1. The lowest BCUT2D eigenvalue weighted by atomic mass is 10.1. The second-order valence-electron chi connectivity index (χ2n) is 5.25. The quantitative estimate of drug-likeness (QED) is 0.700. The number of esters is 1. The van der Waals surface area contributed by atoms with Crippen LogP contribution in [0.5, 0.6) is 0 Å². The molecule has 0 aliphatic carbocycles. The molecule has 3 aromatic rings. The van der Waals surface area contributed by atoms with Crippen LogP contribution >= 0.6 is 0 Å². The third-order valence-corrected chi connectivity index (χ3v) is 3.74. The molecule has 0 saturated carbocycles. The Hall–Kier alpha value is -3.43. The van der Waals surface area contributed by atoms with Crippen molar-refractivity contribution < 1.29 is 22.7 Å². The maximum atomic E-state index is 13.1. The molecule has 0 unspecified atom stereocenters. The minimum Gasteiger partial charge on any atom is -0.465 e. The van der Waals surface area contributed by atoms with Crippen molar-refractivity contribution in [2.75, 3.05) is 12.8 Å². The molecule has 2 heterocycles. The molecule has 26 heavy (non-hydrogen) atoms. The SMILES string of the molecule is COC(=O)c1c(N)c2ccc(C(F)(F)F)cc2n(-c2cncnc2)c1=O. The lowest BCUT2D eigenvalue weighted by Crippen LogP contribution is -2.28. The average Bonchev–Trinajstić information content (AvgIpc) is 2.61. The van der Waals surface area contributed by atoms with Crippen LogP contribution in [0.3, 0.4) is 0 Å². The number of benzene rings is 1. The van der Waals surface area contributed by atoms with Gasteiger partial charge in [0.2, 0.25) is 0 Å². The maximum absolute atomic E-state index is 13.1. The number of aromatic nitrogens is 3. The van der Waals surface area contributed by atoms with Gasteiger partial charge in [-0.05, 0) is 12.1 Å². The first kappa shape index (κ1) is 17.4. The number of carbonyl (C=O) groups excluding carboxylic acids is 1. The van der Waals surface area contributed by atoms with Crippen molar-refractivity contribution in [1.82, 2.24) is 14.5 Å². The Bertz CT molecular complexity index is 1060. The second-order valence-corrected chi connectivity index (χ2v) is 5.25. The number of nitrogens with two attached hydrogens (primary N) is 1. The van der Waals surface area contributed by atoms with E-state index in [2.05, 4.69) is 14.7 Å². The Morgan fingerprint density at radius 3 is 2.46 bits per heavy atom. The first-order chi connectivity index (χ1) is 12.3. The summed E-state index contributed by atoms with van der Waals surface area (Å²) in [4.78, 5) is 32.3. The summed E-state index contributed by atoms with van der Waals surface area (Å²) < 4.78 is 44.8. The summed E-state index contributed by atoms with van der Waals surface area (Å²) >= 11 is 0. The molecule has 2 N–H and O–H groups in total. The van der Waals surface area contributed by atoms with E-state index in [-0.39, 0.29) is 22.3 Å². The Labute approximate surface area is 143 Å². The highest BCUT2D eigenvalue weighted by molar-refractivity contribution is 6.04. The van der Waals surface area contributed by atoms with Gasteiger partial charge < -0.3 is 10.5 Å². The third-order valence-electron chi connectivity index (χ3n) is 3.74. The number of nitrogens with zero attached hydrogens (tertiary/aromatic N) is 3. The fourth-order valence-corrected chi connectivity index (χ4v) is 2.55. The molecule has 0 bridgehead atoms. The number of fused-ring (bicyclic) bond motifs is 1. The Morgan fingerprint density at radius 2 is 1.88 bits per heavy atom. The molecule has 2 aromatic heterocycles. The summed E-state index contributed by atoms with van der Waals surface area (Å²) in [6.07, 6.45) is -0.981. The van der Waals surface area contributed by atoms with Gasteiger partial charge in [0.05, 0.1) is 42.0 Å². The standard InChI is InChI=1S/C16H11F3N4O3/c1-26-15(25)12-13(20)10-3-2-8(16(17,18)19)4-11(10)23(14(12)24)9-5-21-7-22-6-9/h2-7H,20H2,1H3. The number of hydrogen-bond donors (Lipinski definition) is 1. The lowest BCUT2D eigenvalue weighted by Gasteiger charge is -2.16. The van der Waals surface area contributed by atoms with Gasteiger partial charge in [0.25, 0.3) is 5.56 Å². The largest absolute Gasteiger partial charge is 0.465 e. The zero-order valence-corrected chi connectivity index (χ0v) is 13.2. The number of hydrogen-bond acceptors (Lipinski definition) is 6. The lowest BCUT2D eigenvalue weighted by molar-refractivity contribution is -0.137. The molecule has 1 aromatic carbocycles. The van der Waals surface area contributed by atoms with Crippen LogP contribution in [0.15, 0.2) is 41.7 Å². The van der Waals surface area contributed by atoms with Crippen molar-refractivity contribution in [3.05, 3.63) is 58.4 Å². The van der Waals surface area contributed by atoms with Crippen molar-refractivity contribution >= 4 is 22.6 Å². The smallest absolute Gasteiger partial charge is 0.416 e. The average molecular weight is 364 g/mol. The van der Waals surface area contributed by atoms with Crippen molar-refractivity contribution in [2.45, 2.75) is 6.18 Å². The predicted octanol–water partition coefficient (Wildman–Crippen LogP) is 2.17. The first-order valence-electron chi connectivity index (χ1n) is 7.15. The van der Waals surface area contributed by atoms with E-state index in [1.807, 2.05) is 0 Å². The van der Waals surface area contributed by atoms with E-state index in [9.17, 15) is 22.8 Å². The molecule has 134 valence electrons. The van der Waals surface area contributed by atoms with Crippen LogP contribution in [-0.4, -0.2) is 27.6 Å². The number of carbonyl (C=O) groups is 1. The molecule has 10 heteroatoms. The summed E-state index contributed by atoms with van der Waals surface area (Å²) in [5.74, 6) is -1.00. The minimum atomic E-state index is -4.63. The highest BCUT2D eigenvalue weighted by Crippen LogP contribution is 2.33. The van der Waals surface area contributed by atoms with E-state index in [0.29, 0.717) is 0 Å². The van der Waals surface area contributed by atoms with Gasteiger partial charge in [-0.15, -0.1) is 0 Å². The summed E-state index contributed by atoms with van der Waals surface area (Å²) in [7, 11) is 1.06. The van der Waals surface area contributed by atoms with Gasteiger partial charge in [-0.1, -0.05) is 6.07 Å². The Kier molecular flexibility index (Phi) is 4.10. The van der Waals surface area contributed by atoms with E-state index in [4.69, 9.17) is 5.73 Å². The molecule has 0 aliphatic rings. The minimum absolute atomic E-state index is 0.0759. The van der Waals surface area contributed by atoms with Crippen LogP contribution in [0, 0.1) is 0 Å². The highest BCUT2D eigenvalue weighted by Gasteiger charge is 2.32. The fraction of sp³-hybridized carbons (Fsp3) is 0.125. The number of anilines is 1. The van der Waals surface area contributed by atoms with Crippen LogP contribution in [0.1, 0.15) is 15.9 Å². The summed E-state index contributed by atoms with van der Waals surface area (Å²) in [6.45, 7) is 0. The zero-order valence-electron chi connectivity index (χ0n) is 13.2. The van der Waals surface area contributed by atoms with Gasteiger partial charge in [-0.25, -0.2) is 14.8 Å². The molecular weight excluding hydrogens is 353 g/mol. The van der Waals surface area contributed by atoms with Crippen molar-refractivity contribution in [3.63, 3.8) is 0 Å². The van der Waals surface area contributed by atoms with Gasteiger partial charge in [0.1, 0.15) is 11.9 Å². The van der Waals surface area contributed by atoms with Crippen LogP contribution in [-0.2, 0) is 10.9 Å². The van der Waals surface area contributed by atoms with Crippen LogP contribution in [0.2, 0.25) is 0 Å². The van der Waals surface area contributed by atoms with E-state index in [0.717, 1.165) is 29.9 Å². The Balaban J connectivity index is 2.51. The molecule has 0 radical (unpaired) electrons. The predicted molar refractivity (Wildman–Crippen MR) is 85.9 cm³/mol. The molecule has 7 nitrogen and oxygen atoms in total. The maximum Gasteiger partial charge on any atom is 0.416 e. The molecule has 0 spiro atoms. The van der Waals surface area contributed by atoms with Gasteiger partial charge >= 0.3 is 12.1 Å². The topological polar surface area (TPSA) is 100 Å². The Morgan fingerprint density at radius 1 is 1.23 bits per heavy atom. The first-order valence-corrected chi connectivity index (χ1v) is 7.15. The van der Waals surface area contributed by atoms with Gasteiger partial charge in [0.15, 0.2) is 0 Å². The molecule has 0 fully saturated rings. The normalized spacial score (nSPS) is 11.5. The van der Waals surface area contributed by atoms with Gasteiger partial charge in [-0.2, -0.15) is 13.2 Å². The van der Waals surface area contributed by atoms with Crippen LogP contribution in [0.25, 0.3) is 16.6 Å². The number of rotatable bonds is 2. The number of alkyl halides is 3. The van der Waals surface area contributed by atoms with Crippen molar-refractivity contribution in [1.29, 1.82) is 0 Å². The molecule has 0 saturated heterocycles. The van der Waals surface area contributed by atoms with Crippen molar-refractivity contribution in [3.8, 4) is 5.69 Å².